The van der Waals surface area contributed by atoms with Crippen LogP contribution < -0.4 is 16.8 Å². The Morgan fingerprint density at radius 2 is 1.74 bits per heavy atom. The van der Waals surface area contributed by atoms with Gasteiger partial charge in [0.2, 0.25) is 0 Å². The minimum Gasteiger partial charge on any atom is -0.365 e. The molecule has 0 aliphatic heterocycles. The molecule has 6 N–H and O–H groups in total. The van der Waals surface area contributed by atoms with E-state index in [0.717, 1.165) is 11.8 Å². The molecule has 0 atom stereocenters. The average Bonchev–Trinajstić information content (AvgIpc) is 3.00. The number of carbonyl (C=O) groups is 3. The van der Waals surface area contributed by atoms with Gasteiger partial charge in [-0.25, -0.2) is 4.99 Å². The number of hydrogen-bond acceptors (Lipinski definition) is 6. The number of H-pyrrole nitrogens is 1. The van der Waals surface area contributed by atoms with Gasteiger partial charge in [0.05, 0.1) is 26.7 Å². The highest BCUT2D eigenvalue weighted by Crippen LogP contribution is 2.31. The van der Waals surface area contributed by atoms with Crippen LogP contribution in [0.5, 0.6) is 0 Å². The first-order valence-electron chi connectivity index (χ1n) is 7.38. The molecule has 8 nitrogen and oxygen atoms in total. The summed E-state index contributed by atoms with van der Waals surface area (Å²) < 4.78 is 0. The molecule has 0 bridgehead atoms. The standard InChI is InChI=1S/C16H16ClN5O3S2/c1-26-15-10(12(19)24)9(11(18)23)13(20-15)21-16(27-2)22-14(25)7-5-3-4-6-8(7)17/h3-6,20H,1-2H3,(H2,18,23)(H2,19,24)(H,21,22,25). The number of hydrogen-bond donors (Lipinski definition) is 4. The lowest BCUT2D eigenvalue weighted by atomic mass is 10.1. The van der Waals surface area contributed by atoms with Crippen LogP contribution in [0.3, 0.4) is 0 Å². The SMILES string of the molecule is CS/C(=N\c1[nH]c(SC)c(C(N)=O)c1C(N)=O)NC(=O)c1ccccc1Cl. The van der Waals surface area contributed by atoms with E-state index < -0.39 is 17.7 Å². The van der Waals surface area contributed by atoms with Crippen molar-refractivity contribution in [2.75, 3.05) is 12.5 Å². The van der Waals surface area contributed by atoms with E-state index in [0.29, 0.717) is 5.03 Å². The summed E-state index contributed by atoms with van der Waals surface area (Å²) in [6, 6.07) is 6.54. The number of carbonyl (C=O) groups excluding carboxylic acids is 3. The maximum absolute atomic E-state index is 12.4. The van der Waals surface area contributed by atoms with Gasteiger partial charge in [-0.05, 0) is 24.6 Å². The highest BCUT2D eigenvalue weighted by molar-refractivity contribution is 8.13. The summed E-state index contributed by atoms with van der Waals surface area (Å²) in [7, 11) is 0. The zero-order valence-electron chi connectivity index (χ0n) is 14.3. The topological polar surface area (TPSA) is 143 Å². The third-order valence-corrected chi connectivity index (χ3v) is 5.01. The van der Waals surface area contributed by atoms with Crippen LogP contribution in [-0.4, -0.2) is 40.4 Å². The van der Waals surface area contributed by atoms with Crippen molar-refractivity contribution in [3.8, 4) is 0 Å². The quantitative estimate of drug-likeness (QED) is 0.330. The first-order valence-corrected chi connectivity index (χ1v) is 10.2. The summed E-state index contributed by atoms with van der Waals surface area (Å²) >= 11 is 8.33. The summed E-state index contributed by atoms with van der Waals surface area (Å²) in [5.74, 6) is -2.11. The summed E-state index contributed by atoms with van der Waals surface area (Å²) in [5.41, 5.74) is 10.9. The number of benzene rings is 1. The van der Waals surface area contributed by atoms with Crippen molar-refractivity contribution in [3.05, 3.63) is 46.0 Å². The van der Waals surface area contributed by atoms with Crippen molar-refractivity contribution in [3.63, 3.8) is 0 Å². The fraction of sp³-hybridized carbons (Fsp3) is 0.125. The Labute approximate surface area is 168 Å². The van der Waals surface area contributed by atoms with Crippen LogP contribution in [0.25, 0.3) is 0 Å². The van der Waals surface area contributed by atoms with Crippen molar-refractivity contribution in [1.82, 2.24) is 10.3 Å². The molecule has 3 amide bonds. The van der Waals surface area contributed by atoms with E-state index in [4.69, 9.17) is 23.1 Å². The third kappa shape index (κ3) is 4.65. The summed E-state index contributed by atoms with van der Waals surface area (Å²) in [6.45, 7) is 0. The smallest absolute Gasteiger partial charge is 0.258 e. The summed E-state index contributed by atoms with van der Waals surface area (Å²) in [5, 5.41) is 3.42. The predicted octanol–water partition coefficient (Wildman–Crippen LogP) is 2.37. The zero-order valence-corrected chi connectivity index (χ0v) is 16.7. The molecule has 0 unspecified atom stereocenters. The molecule has 0 spiro atoms. The molecule has 0 aliphatic rings. The van der Waals surface area contributed by atoms with Gasteiger partial charge in [0.15, 0.2) is 5.17 Å². The van der Waals surface area contributed by atoms with Gasteiger partial charge >= 0.3 is 0 Å². The van der Waals surface area contributed by atoms with Crippen LogP contribution in [0.1, 0.15) is 31.1 Å². The molecule has 0 saturated heterocycles. The van der Waals surface area contributed by atoms with Gasteiger partial charge in [-0.2, -0.15) is 0 Å². The molecule has 1 aromatic carbocycles. The third-order valence-electron chi connectivity index (χ3n) is 3.39. The number of rotatable bonds is 5. The Kier molecular flexibility index (Phi) is 6.94. The lowest BCUT2D eigenvalue weighted by Gasteiger charge is -2.07. The highest BCUT2D eigenvalue weighted by Gasteiger charge is 2.25. The van der Waals surface area contributed by atoms with Gasteiger partial charge in [-0.3, -0.25) is 14.4 Å². The molecular weight excluding hydrogens is 410 g/mol. The second kappa shape index (κ2) is 8.98. The predicted molar refractivity (Wildman–Crippen MR) is 109 cm³/mol. The largest absolute Gasteiger partial charge is 0.365 e. The monoisotopic (exact) mass is 425 g/mol. The van der Waals surface area contributed by atoms with Crippen LogP contribution in [0.15, 0.2) is 34.3 Å². The van der Waals surface area contributed by atoms with Crippen molar-refractivity contribution in [2.45, 2.75) is 5.03 Å². The van der Waals surface area contributed by atoms with E-state index in [-0.39, 0.29) is 32.7 Å². The second-order valence-corrected chi connectivity index (χ2v) is 7.06. The maximum atomic E-state index is 12.4. The Hall–Kier alpha value is -2.43. The average molecular weight is 426 g/mol. The van der Waals surface area contributed by atoms with Gasteiger partial charge in [0.1, 0.15) is 5.82 Å². The van der Waals surface area contributed by atoms with Crippen LogP contribution in [-0.2, 0) is 0 Å². The molecule has 27 heavy (non-hydrogen) atoms. The first kappa shape index (κ1) is 20.9. The number of thioether (sulfide) groups is 2. The van der Waals surface area contributed by atoms with Crippen molar-refractivity contribution < 1.29 is 14.4 Å². The van der Waals surface area contributed by atoms with E-state index in [1.165, 1.54) is 11.8 Å². The Morgan fingerprint density at radius 1 is 1.11 bits per heavy atom. The molecule has 2 aromatic rings. The lowest BCUT2D eigenvalue weighted by molar-refractivity contribution is 0.0966. The highest BCUT2D eigenvalue weighted by atomic mass is 35.5. The fourth-order valence-corrected chi connectivity index (χ4v) is 3.42. The molecule has 0 aliphatic carbocycles. The van der Waals surface area contributed by atoms with Crippen molar-refractivity contribution >= 4 is 63.8 Å². The van der Waals surface area contributed by atoms with Gasteiger partial charge in [-0.1, -0.05) is 35.5 Å². The van der Waals surface area contributed by atoms with E-state index in [9.17, 15) is 14.4 Å². The maximum Gasteiger partial charge on any atom is 0.258 e. The number of aromatic amines is 1. The van der Waals surface area contributed by atoms with Gasteiger partial charge in [0, 0.05) is 0 Å². The fourth-order valence-electron chi connectivity index (χ4n) is 2.21. The molecular formula is C16H16ClN5O3S2. The second-order valence-electron chi connectivity index (χ2n) is 5.04. The van der Waals surface area contributed by atoms with Crippen LogP contribution in [0, 0.1) is 0 Å². The number of halogens is 1. The summed E-state index contributed by atoms with van der Waals surface area (Å²) in [4.78, 5) is 43.0. The van der Waals surface area contributed by atoms with Crippen LogP contribution >= 0.6 is 35.1 Å². The van der Waals surface area contributed by atoms with E-state index in [1.807, 2.05) is 0 Å². The number of primary amides is 2. The van der Waals surface area contributed by atoms with Crippen LogP contribution in [0.4, 0.5) is 5.82 Å². The zero-order chi connectivity index (χ0) is 20.1. The van der Waals surface area contributed by atoms with E-state index in [1.54, 1.807) is 36.8 Å². The number of nitrogens with one attached hydrogen (secondary N) is 2. The number of nitrogens with zero attached hydrogens (tertiary/aromatic N) is 1. The molecule has 1 aromatic heterocycles. The molecule has 2 rings (SSSR count). The van der Waals surface area contributed by atoms with Gasteiger partial charge in [0.25, 0.3) is 17.7 Å². The minimum absolute atomic E-state index is 0.0319. The molecule has 1 heterocycles. The van der Waals surface area contributed by atoms with Crippen molar-refractivity contribution in [1.29, 1.82) is 0 Å². The lowest BCUT2D eigenvalue weighted by Crippen LogP contribution is -2.28. The van der Waals surface area contributed by atoms with Gasteiger partial charge in [-0.15, -0.1) is 11.8 Å². The Balaban J connectivity index is 2.46. The molecule has 0 saturated carbocycles. The number of nitrogens with two attached hydrogens (primary N) is 2. The number of amides is 3. The van der Waals surface area contributed by atoms with E-state index >= 15 is 0 Å². The number of aromatic nitrogens is 1. The van der Waals surface area contributed by atoms with Crippen molar-refractivity contribution in [2.24, 2.45) is 16.5 Å². The number of amidine groups is 1. The van der Waals surface area contributed by atoms with E-state index in [2.05, 4.69) is 15.3 Å². The molecule has 11 heteroatoms. The van der Waals surface area contributed by atoms with Gasteiger partial charge < -0.3 is 21.8 Å². The molecule has 142 valence electrons. The summed E-state index contributed by atoms with van der Waals surface area (Å²) in [6.07, 6.45) is 3.38. The number of aliphatic imine (C=N–C) groups is 1. The Morgan fingerprint density at radius 3 is 2.26 bits per heavy atom. The molecule has 0 radical (unpaired) electrons. The minimum atomic E-state index is -0.864. The Bertz CT molecular complexity index is 942. The normalized spacial score (nSPS) is 11.3. The first-order chi connectivity index (χ1) is 12.8. The molecule has 0 fully saturated rings. The van der Waals surface area contributed by atoms with Crippen LogP contribution in [0.2, 0.25) is 5.02 Å².